The molecule has 0 aliphatic carbocycles. The van der Waals surface area contributed by atoms with E-state index in [9.17, 15) is 27.3 Å². The lowest BCUT2D eigenvalue weighted by Gasteiger charge is -2.05. The molecule has 0 saturated heterocycles. The fourth-order valence-corrected chi connectivity index (χ4v) is 2.06. The van der Waals surface area contributed by atoms with Crippen LogP contribution in [-0.2, 0) is 9.05 Å². The third-order valence-corrected chi connectivity index (χ3v) is 3.02. The van der Waals surface area contributed by atoms with Crippen LogP contribution < -0.4 is 0 Å². The van der Waals surface area contributed by atoms with Gasteiger partial charge < -0.3 is 0 Å². The van der Waals surface area contributed by atoms with Crippen LogP contribution in [0.2, 0.25) is 0 Å². The summed E-state index contributed by atoms with van der Waals surface area (Å²) in [5, 5.41) is 18.2. The Kier molecular flexibility index (Phi) is 3.78. The van der Waals surface area contributed by atoms with E-state index in [4.69, 9.17) is 15.9 Å². The molecule has 1 aromatic heterocycles. The van der Waals surface area contributed by atoms with Gasteiger partial charge >= 0.3 is 5.69 Å². The number of alkyl halides is 2. The molecule has 0 unspecified atom stereocenters. The van der Waals surface area contributed by atoms with Crippen LogP contribution in [-0.4, -0.2) is 18.3 Å². The van der Waals surface area contributed by atoms with Crippen LogP contribution in [0.1, 0.15) is 17.6 Å². The molecular formula is C7H2ClF2N3O4S. The van der Waals surface area contributed by atoms with Crippen LogP contribution in [0.5, 0.6) is 0 Å². The molecule has 0 atom stereocenters. The standard InChI is InChI=1S/C7H2ClF2N3O4S/c8-18(16,17)7-3(1-11)5(13(14)15)4(2-12-7)6(9)10/h2,6H. The van der Waals surface area contributed by atoms with Crippen molar-refractivity contribution in [1.82, 2.24) is 4.98 Å². The first kappa shape index (κ1) is 14.2. The first-order valence-corrected chi connectivity index (χ1v) is 6.31. The quantitative estimate of drug-likeness (QED) is 0.477. The van der Waals surface area contributed by atoms with Gasteiger partial charge in [0.15, 0.2) is 10.6 Å². The van der Waals surface area contributed by atoms with Crippen LogP contribution in [0.25, 0.3) is 0 Å². The number of aromatic nitrogens is 1. The summed E-state index contributed by atoms with van der Waals surface area (Å²) >= 11 is 0. The van der Waals surface area contributed by atoms with Gasteiger partial charge in [0.1, 0.15) is 11.6 Å². The zero-order valence-corrected chi connectivity index (χ0v) is 9.74. The van der Waals surface area contributed by atoms with Gasteiger partial charge in [0.2, 0.25) is 0 Å². The van der Waals surface area contributed by atoms with Crippen molar-refractivity contribution < 1.29 is 22.1 Å². The number of hydrogen-bond donors (Lipinski definition) is 0. The van der Waals surface area contributed by atoms with E-state index in [0.29, 0.717) is 6.20 Å². The molecule has 0 bridgehead atoms. The van der Waals surface area contributed by atoms with E-state index >= 15 is 0 Å². The molecule has 1 aromatic rings. The summed E-state index contributed by atoms with van der Waals surface area (Å²) < 4.78 is 47.0. The molecule has 18 heavy (non-hydrogen) atoms. The van der Waals surface area contributed by atoms with Gasteiger partial charge in [-0.2, -0.15) is 5.26 Å². The normalized spacial score (nSPS) is 11.3. The first-order valence-electron chi connectivity index (χ1n) is 4.00. The van der Waals surface area contributed by atoms with Crippen LogP contribution in [0.4, 0.5) is 14.5 Å². The fourth-order valence-electron chi connectivity index (χ4n) is 1.14. The molecule has 0 aliphatic rings. The smallest absolute Gasteiger partial charge is 0.258 e. The Labute approximate surface area is 103 Å². The third kappa shape index (κ3) is 2.52. The van der Waals surface area contributed by atoms with Crippen molar-refractivity contribution >= 4 is 25.4 Å². The van der Waals surface area contributed by atoms with Gasteiger partial charge in [0, 0.05) is 16.9 Å². The second-order valence-corrected chi connectivity index (χ2v) is 5.33. The number of hydrogen-bond acceptors (Lipinski definition) is 6. The van der Waals surface area contributed by atoms with Crippen molar-refractivity contribution in [3.05, 3.63) is 27.4 Å². The maximum Gasteiger partial charge on any atom is 0.300 e. The van der Waals surface area contributed by atoms with Gasteiger partial charge in [-0.15, -0.1) is 0 Å². The van der Waals surface area contributed by atoms with E-state index < -0.39 is 42.2 Å². The van der Waals surface area contributed by atoms with Crippen molar-refractivity contribution in [2.24, 2.45) is 0 Å². The van der Waals surface area contributed by atoms with Crippen LogP contribution in [0, 0.1) is 21.4 Å². The Hall–Kier alpha value is -1.86. The maximum atomic E-state index is 12.5. The highest BCUT2D eigenvalue weighted by Crippen LogP contribution is 2.34. The third-order valence-electron chi connectivity index (χ3n) is 1.81. The number of nitriles is 1. The second-order valence-electron chi connectivity index (χ2n) is 2.85. The van der Waals surface area contributed by atoms with Crippen LogP contribution in [0.3, 0.4) is 0 Å². The monoisotopic (exact) mass is 297 g/mol. The van der Waals surface area contributed by atoms with Crippen molar-refractivity contribution in [3.63, 3.8) is 0 Å². The Morgan fingerprint density at radius 3 is 2.44 bits per heavy atom. The summed E-state index contributed by atoms with van der Waals surface area (Å²) in [6.45, 7) is 0. The lowest BCUT2D eigenvalue weighted by molar-refractivity contribution is -0.386. The summed E-state index contributed by atoms with van der Waals surface area (Å²) in [5.74, 6) is 0. The van der Waals surface area contributed by atoms with Gasteiger partial charge in [-0.3, -0.25) is 10.1 Å². The minimum absolute atomic E-state index is 0.304. The molecule has 11 heteroatoms. The molecule has 1 rings (SSSR count). The molecule has 0 spiro atoms. The number of nitrogens with zero attached hydrogens (tertiary/aromatic N) is 3. The molecule has 0 saturated carbocycles. The summed E-state index contributed by atoms with van der Waals surface area (Å²) in [6, 6.07) is 1.15. The fraction of sp³-hybridized carbons (Fsp3) is 0.143. The molecule has 1 heterocycles. The average Bonchev–Trinajstić information content (AvgIpc) is 2.25. The van der Waals surface area contributed by atoms with Crippen molar-refractivity contribution in [2.45, 2.75) is 11.5 Å². The zero-order valence-electron chi connectivity index (χ0n) is 8.17. The van der Waals surface area contributed by atoms with Gasteiger partial charge in [-0.05, 0) is 0 Å². The molecule has 96 valence electrons. The largest absolute Gasteiger partial charge is 0.300 e. The molecule has 0 fully saturated rings. The van der Waals surface area contributed by atoms with Crippen molar-refractivity contribution in [3.8, 4) is 6.07 Å². The minimum Gasteiger partial charge on any atom is -0.258 e. The Morgan fingerprint density at radius 1 is 1.56 bits per heavy atom. The van der Waals surface area contributed by atoms with Crippen molar-refractivity contribution in [1.29, 1.82) is 5.26 Å². The number of pyridine rings is 1. The van der Waals surface area contributed by atoms with Crippen LogP contribution in [0.15, 0.2) is 11.2 Å². The summed E-state index contributed by atoms with van der Waals surface area (Å²) in [7, 11) is 0.345. The molecule has 0 aromatic carbocycles. The van der Waals surface area contributed by atoms with Gasteiger partial charge in [-0.1, -0.05) is 0 Å². The summed E-state index contributed by atoms with van der Waals surface area (Å²) in [4.78, 5) is 12.4. The molecule has 0 radical (unpaired) electrons. The minimum atomic E-state index is -4.55. The Morgan fingerprint density at radius 2 is 2.11 bits per heavy atom. The highest BCUT2D eigenvalue weighted by molar-refractivity contribution is 8.13. The molecule has 0 amide bonds. The maximum absolute atomic E-state index is 12.5. The molecule has 0 aliphatic heterocycles. The first-order chi connectivity index (χ1) is 8.20. The second kappa shape index (κ2) is 4.79. The van der Waals surface area contributed by atoms with Gasteiger partial charge in [0.05, 0.1) is 4.92 Å². The van der Waals surface area contributed by atoms with E-state index in [-0.39, 0.29) is 0 Å². The lowest BCUT2D eigenvalue weighted by Crippen LogP contribution is -2.07. The van der Waals surface area contributed by atoms with Gasteiger partial charge in [-0.25, -0.2) is 22.2 Å². The highest BCUT2D eigenvalue weighted by atomic mass is 35.7. The van der Waals surface area contributed by atoms with E-state index in [1.807, 2.05) is 0 Å². The Bertz CT molecular complexity index is 655. The zero-order chi connectivity index (χ0) is 14.1. The summed E-state index contributed by atoms with van der Waals surface area (Å²) in [6.07, 6.45) is -2.98. The van der Waals surface area contributed by atoms with Crippen molar-refractivity contribution in [2.75, 3.05) is 0 Å². The highest BCUT2D eigenvalue weighted by Gasteiger charge is 2.33. The number of halogens is 3. The van der Waals surface area contributed by atoms with E-state index in [0.717, 1.165) is 6.07 Å². The van der Waals surface area contributed by atoms with E-state index in [1.54, 1.807) is 0 Å². The SMILES string of the molecule is N#Cc1c(S(=O)(=O)Cl)ncc(C(F)F)c1[N+](=O)[O-]. The van der Waals surface area contributed by atoms with E-state index in [1.165, 1.54) is 0 Å². The topological polar surface area (TPSA) is 114 Å². The number of rotatable bonds is 3. The molecule has 0 N–H and O–H groups in total. The predicted octanol–water partition coefficient (Wildman–Crippen LogP) is 1.73. The average molecular weight is 298 g/mol. The van der Waals surface area contributed by atoms with Crippen LogP contribution >= 0.6 is 10.7 Å². The van der Waals surface area contributed by atoms with Gasteiger partial charge in [0.25, 0.3) is 15.5 Å². The number of nitro groups is 1. The Balaban J connectivity index is 3.83. The lowest BCUT2D eigenvalue weighted by atomic mass is 10.1. The molecular weight excluding hydrogens is 296 g/mol. The predicted molar refractivity (Wildman–Crippen MR) is 53.6 cm³/mol. The van der Waals surface area contributed by atoms with E-state index in [2.05, 4.69) is 4.98 Å². The summed E-state index contributed by atoms with van der Waals surface area (Å²) in [5.41, 5.74) is -3.59. The molecule has 7 nitrogen and oxygen atoms in total.